The molecule has 0 bridgehead atoms. The molecule has 0 aromatic heterocycles. The Morgan fingerprint density at radius 2 is 2.38 bits per heavy atom. The van der Waals surface area contributed by atoms with E-state index in [-0.39, 0.29) is 0 Å². The van der Waals surface area contributed by atoms with Crippen LogP contribution in [0, 0.1) is 5.92 Å². The maximum absolute atomic E-state index is 5.37. The average molecular weight is 130 g/mol. The van der Waals surface area contributed by atoms with Gasteiger partial charge in [-0.2, -0.15) is 12.6 Å². The molecule has 1 unspecified atom stereocenters. The maximum Gasteiger partial charge on any atom is 0.0625 e. The van der Waals surface area contributed by atoms with Crippen LogP contribution in [0.4, 0.5) is 0 Å². The van der Waals surface area contributed by atoms with E-state index in [1.807, 2.05) is 0 Å². The number of hydrogen-bond donors (Lipinski definition) is 1. The molecule has 1 aliphatic heterocycles. The standard InChI is InChI=1S/C6H10OS/c8-6-3-5-4(6)1-2-7-5/h4-6,8H,1-3H2/t4-,5-,6?/m0/s1. The van der Waals surface area contributed by atoms with Gasteiger partial charge in [0.15, 0.2) is 0 Å². The van der Waals surface area contributed by atoms with Crippen LogP contribution in [-0.4, -0.2) is 18.0 Å². The van der Waals surface area contributed by atoms with Crippen molar-refractivity contribution in [3.8, 4) is 0 Å². The highest BCUT2D eigenvalue weighted by molar-refractivity contribution is 7.81. The number of fused-ring (bicyclic) bond motifs is 1. The molecule has 2 fully saturated rings. The molecule has 1 saturated carbocycles. The van der Waals surface area contributed by atoms with Gasteiger partial charge >= 0.3 is 0 Å². The van der Waals surface area contributed by atoms with Crippen LogP contribution in [0.5, 0.6) is 0 Å². The third-order valence-corrected chi connectivity index (χ3v) is 2.82. The Morgan fingerprint density at radius 3 is 2.88 bits per heavy atom. The van der Waals surface area contributed by atoms with Crippen molar-refractivity contribution in [2.24, 2.45) is 5.92 Å². The molecule has 2 aliphatic rings. The molecule has 8 heavy (non-hydrogen) atoms. The van der Waals surface area contributed by atoms with Crippen molar-refractivity contribution in [1.29, 1.82) is 0 Å². The predicted molar refractivity (Wildman–Crippen MR) is 35.2 cm³/mol. The quantitative estimate of drug-likeness (QED) is 0.483. The molecule has 2 heteroatoms. The number of ether oxygens (including phenoxy) is 1. The van der Waals surface area contributed by atoms with E-state index in [0.29, 0.717) is 11.4 Å². The van der Waals surface area contributed by atoms with E-state index in [4.69, 9.17) is 4.74 Å². The van der Waals surface area contributed by atoms with Gasteiger partial charge in [-0.3, -0.25) is 0 Å². The molecule has 1 heterocycles. The summed E-state index contributed by atoms with van der Waals surface area (Å²) in [5, 5.41) is 0.655. The summed E-state index contributed by atoms with van der Waals surface area (Å²) < 4.78 is 5.37. The second-order valence-corrected chi connectivity index (χ2v) is 3.33. The fourth-order valence-corrected chi connectivity index (χ4v) is 2.11. The summed E-state index contributed by atoms with van der Waals surface area (Å²) in [6.07, 6.45) is 3.03. The topological polar surface area (TPSA) is 9.23 Å². The molecule has 1 saturated heterocycles. The number of thiol groups is 1. The van der Waals surface area contributed by atoms with Crippen molar-refractivity contribution in [1.82, 2.24) is 0 Å². The van der Waals surface area contributed by atoms with Crippen molar-refractivity contribution in [2.45, 2.75) is 24.2 Å². The average Bonchev–Trinajstić information content (AvgIpc) is 2.09. The number of rotatable bonds is 0. The molecule has 3 atom stereocenters. The van der Waals surface area contributed by atoms with Crippen LogP contribution >= 0.6 is 12.6 Å². The van der Waals surface area contributed by atoms with Gasteiger partial charge < -0.3 is 4.74 Å². The summed E-state index contributed by atoms with van der Waals surface area (Å²) in [5.74, 6) is 0.804. The smallest absolute Gasteiger partial charge is 0.0625 e. The first-order valence-electron chi connectivity index (χ1n) is 3.17. The third kappa shape index (κ3) is 0.531. The lowest BCUT2D eigenvalue weighted by Gasteiger charge is -2.35. The van der Waals surface area contributed by atoms with Crippen LogP contribution < -0.4 is 0 Å². The van der Waals surface area contributed by atoms with Gasteiger partial charge in [-0.05, 0) is 18.8 Å². The van der Waals surface area contributed by atoms with Gasteiger partial charge in [0.25, 0.3) is 0 Å². The second-order valence-electron chi connectivity index (χ2n) is 2.66. The minimum atomic E-state index is 0.595. The van der Waals surface area contributed by atoms with E-state index in [0.717, 1.165) is 12.5 Å². The summed E-state index contributed by atoms with van der Waals surface area (Å²) in [7, 11) is 0. The third-order valence-electron chi connectivity index (χ3n) is 2.23. The highest BCUT2D eigenvalue weighted by Crippen LogP contribution is 2.41. The van der Waals surface area contributed by atoms with Crippen molar-refractivity contribution >= 4 is 12.6 Å². The van der Waals surface area contributed by atoms with Gasteiger partial charge in [0.2, 0.25) is 0 Å². The lowest BCUT2D eigenvalue weighted by molar-refractivity contribution is 0.0395. The van der Waals surface area contributed by atoms with E-state index in [9.17, 15) is 0 Å². The highest BCUT2D eigenvalue weighted by atomic mass is 32.1. The summed E-state index contributed by atoms with van der Waals surface area (Å²) in [5.41, 5.74) is 0. The molecule has 0 amide bonds. The van der Waals surface area contributed by atoms with Crippen LogP contribution in [0.3, 0.4) is 0 Å². The first-order chi connectivity index (χ1) is 3.88. The number of hydrogen-bond acceptors (Lipinski definition) is 2. The Hall–Kier alpha value is 0.310. The highest BCUT2D eigenvalue weighted by Gasteiger charge is 2.42. The van der Waals surface area contributed by atoms with E-state index >= 15 is 0 Å². The molecule has 0 aromatic carbocycles. The first kappa shape index (κ1) is 5.12. The fourth-order valence-electron chi connectivity index (χ4n) is 1.56. The van der Waals surface area contributed by atoms with E-state index in [2.05, 4.69) is 12.6 Å². The summed E-state index contributed by atoms with van der Waals surface area (Å²) in [4.78, 5) is 0. The maximum atomic E-state index is 5.37. The van der Waals surface area contributed by atoms with Crippen molar-refractivity contribution in [3.63, 3.8) is 0 Å². The van der Waals surface area contributed by atoms with Crippen LogP contribution in [0.1, 0.15) is 12.8 Å². The molecule has 0 aromatic rings. The van der Waals surface area contributed by atoms with Crippen molar-refractivity contribution in [2.75, 3.05) is 6.61 Å². The molecule has 0 radical (unpaired) electrons. The Labute approximate surface area is 54.8 Å². The summed E-state index contributed by atoms with van der Waals surface area (Å²) >= 11 is 4.38. The molecule has 2 rings (SSSR count). The van der Waals surface area contributed by atoms with Crippen LogP contribution in [0.25, 0.3) is 0 Å². The van der Waals surface area contributed by atoms with Crippen molar-refractivity contribution in [3.05, 3.63) is 0 Å². The largest absolute Gasteiger partial charge is 0.378 e. The van der Waals surface area contributed by atoms with E-state index in [1.54, 1.807) is 0 Å². The fraction of sp³-hybridized carbons (Fsp3) is 1.00. The van der Waals surface area contributed by atoms with Gasteiger partial charge in [-0.15, -0.1) is 0 Å². The Balaban J connectivity index is 2.02. The van der Waals surface area contributed by atoms with Gasteiger partial charge in [0, 0.05) is 11.9 Å². The predicted octanol–water partition coefficient (Wildman–Crippen LogP) is 1.09. The van der Waals surface area contributed by atoms with Crippen LogP contribution in [0.2, 0.25) is 0 Å². The lowest BCUT2D eigenvalue weighted by Crippen LogP contribution is -2.38. The van der Waals surface area contributed by atoms with Gasteiger partial charge in [-0.1, -0.05) is 0 Å². The Morgan fingerprint density at radius 1 is 1.50 bits per heavy atom. The Bertz CT molecular complexity index is 105. The van der Waals surface area contributed by atoms with Crippen LogP contribution in [-0.2, 0) is 4.74 Å². The zero-order valence-corrected chi connectivity index (χ0v) is 5.60. The van der Waals surface area contributed by atoms with Gasteiger partial charge in [0.05, 0.1) is 6.10 Å². The summed E-state index contributed by atoms with van der Waals surface area (Å²) in [6, 6.07) is 0. The van der Waals surface area contributed by atoms with E-state index < -0.39 is 0 Å². The van der Waals surface area contributed by atoms with Crippen molar-refractivity contribution < 1.29 is 4.74 Å². The molecular formula is C6H10OS. The van der Waals surface area contributed by atoms with Gasteiger partial charge in [-0.25, -0.2) is 0 Å². The second kappa shape index (κ2) is 1.64. The molecule has 0 N–H and O–H groups in total. The normalized spacial score (nSPS) is 52.9. The van der Waals surface area contributed by atoms with E-state index in [1.165, 1.54) is 12.8 Å². The monoisotopic (exact) mass is 130 g/mol. The lowest BCUT2D eigenvalue weighted by atomic mass is 9.81. The zero-order chi connectivity index (χ0) is 5.56. The van der Waals surface area contributed by atoms with Gasteiger partial charge in [0.1, 0.15) is 0 Å². The zero-order valence-electron chi connectivity index (χ0n) is 4.71. The first-order valence-corrected chi connectivity index (χ1v) is 3.69. The van der Waals surface area contributed by atoms with Crippen LogP contribution in [0.15, 0.2) is 0 Å². The molecule has 1 aliphatic carbocycles. The molecular weight excluding hydrogens is 120 g/mol. The minimum absolute atomic E-state index is 0.595. The minimum Gasteiger partial charge on any atom is -0.378 e. The molecule has 1 nitrogen and oxygen atoms in total. The molecule has 46 valence electrons. The summed E-state index contributed by atoms with van der Waals surface area (Å²) in [6.45, 7) is 0.979. The SMILES string of the molecule is SC1C[C@@H]2OCC[C@H]12. The Kier molecular flexibility index (Phi) is 1.05. The molecule has 0 spiro atoms.